The van der Waals surface area contributed by atoms with E-state index < -0.39 is 0 Å². The van der Waals surface area contributed by atoms with Crippen LogP contribution in [0.5, 0.6) is 0 Å². The first kappa shape index (κ1) is 6.62. The van der Waals surface area contributed by atoms with Gasteiger partial charge in [-0.05, 0) is 37.0 Å². The molecule has 2 aliphatic carbocycles. The number of hydrogen-bond acceptors (Lipinski definition) is 2. The standard InChI is InChI=1S/C8H15NO/c9-8-3-5-1-6(4-10)7(8)2-5/h5-8,10H,1-4,9H2. The molecular weight excluding hydrogens is 126 g/mol. The van der Waals surface area contributed by atoms with E-state index in [1.807, 2.05) is 0 Å². The molecule has 2 aliphatic rings. The molecule has 58 valence electrons. The minimum absolute atomic E-state index is 0.356. The molecule has 3 N–H and O–H groups in total. The normalized spacial score (nSPS) is 52.2. The molecule has 0 aromatic carbocycles. The Morgan fingerprint density at radius 1 is 1.30 bits per heavy atom. The number of fused-ring (bicyclic) bond motifs is 2. The van der Waals surface area contributed by atoms with Crippen molar-refractivity contribution in [3.8, 4) is 0 Å². The van der Waals surface area contributed by atoms with Gasteiger partial charge in [0.25, 0.3) is 0 Å². The molecule has 4 unspecified atom stereocenters. The second-order valence-electron chi connectivity index (χ2n) is 3.84. The summed E-state index contributed by atoms with van der Waals surface area (Å²) in [5.74, 6) is 2.03. The molecule has 2 fully saturated rings. The fourth-order valence-electron chi connectivity index (χ4n) is 2.76. The Morgan fingerprint density at radius 3 is 2.50 bits per heavy atom. The maximum absolute atomic E-state index is 8.95. The highest BCUT2D eigenvalue weighted by Crippen LogP contribution is 2.47. The van der Waals surface area contributed by atoms with Gasteiger partial charge in [0.15, 0.2) is 0 Å². The van der Waals surface area contributed by atoms with Gasteiger partial charge in [0.05, 0.1) is 0 Å². The molecule has 2 bridgehead atoms. The van der Waals surface area contributed by atoms with Crippen LogP contribution in [-0.2, 0) is 0 Å². The lowest BCUT2D eigenvalue weighted by atomic mass is 9.86. The van der Waals surface area contributed by atoms with Crippen molar-refractivity contribution in [3.63, 3.8) is 0 Å². The zero-order valence-electron chi connectivity index (χ0n) is 6.16. The molecule has 2 rings (SSSR count). The first-order valence-electron chi connectivity index (χ1n) is 4.17. The van der Waals surface area contributed by atoms with E-state index in [9.17, 15) is 0 Å². The Balaban J connectivity index is 2.06. The van der Waals surface area contributed by atoms with Gasteiger partial charge < -0.3 is 10.8 Å². The predicted octanol–water partition coefficient (Wildman–Crippen LogP) is 0.352. The molecule has 0 saturated heterocycles. The number of aliphatic hydroxyl groups excluding tert-OH is 1. The molecule has 0 aromatic rings. The van der Waals surface area contributed by atoms with Gasteiger partial charge in [-0.3, -0.25) is 0 Å². The topological polar surface area (TPSA) is 46.2 Å². The molecule has 2 heteroatoms. The lowest BCUT2D eigenvalue weighted by Crippen LogP contribution is -2.33. The lowest BCUT2D eigenvalue weighted by Gasteiger charge is -2.24. The van der Waals surface area contributed by atoms with E-state index in [0.717, 1.165) is 5.92 Å². The van der Waals surface area contributed by atoms with Crippen molar-refractivity contribution in [3.05, 3.63) is 0 Å². The van der Waals surface area contributed by atoms with Gasteiger partial charge >= 0.3 is 0 Å². The van der Waals surface area contributed by atoms with E-state index in [2.05, 4.69) is 0 Å². The maximum Gasteiger partial charge on any atom is 0.0462 e. The van der Waals surface area contributed by atoms with Crippen molar-refractivity contribution < 1.29 is 5.11 Å². The first-order chi connectivity index (χ1) is 4.81. The third-order valence-electron chi connectivity index (χ3n) is 3.24. The average molecular weight is 141 g/mol. The molecule has 0 amide bonds. The third kappa shape index (κ3) is 0.789. The minimum Gasteiger partial charge on any atom is -0.396 e. The predicted molar refractivity (Wildman–Crippen MR) is 39.4 cm³/mol. The Kier molecular flexibility index (Phi) is 1.46. The smallest absolute Gasteiger partial charge is 0.0462 e. The Bertz CT molecular complexity index is 135. The van der Waals surface area contributed by atoms with Crippen LogP contribution in [0.4, 0.5) is 0 Å². The SMILES string of the molecule is NC1CC2CC(CO)C1C2. The molecule has 0 heterocycles. The van der Waals surface area contributed by atoms with E-state index >= 15 is 0 Å². The number of aliphatic hydroxyl groups is 1. The van der Waals surface area contributed by atoms with E-state index in [-0.39, 0.29) is 0 Å². The van der Waals surface area contributed by atoms with Crippen LogP contribution in [-0.4, -0.2) is 17.8 Å². The molecular formula is C8H15NO. The monoisotopic (exact) mass is 141 g/mol. The first-order valence-corrected chi connectivity index (χ1v) is 4.17. The van der Waals surface area contributed by atoms with Crippen molar-refractivity contribution in [2.45, 2.75) is 25.3 Å². The van der Waals surface area contributed by atoms with Crippen molar-refractivity contribution in [1.29, 1.82) is 0 Å². The van der Waals surface area contributed by atoms with E-state index in [0.29, 0.717) is 24.5 Å². The highest BCUT2D eigenvalue weighted by molar-refractivity contribution is 4.97. The van der Waals surface area contributed by atoms with E-state index in [4.69, 9.17) is 10.8 Å². The molecule has 4 atom stereocenters. The van der Waals surface area contributed by atoms with Crippen molar-refractivity contribution >= 4 is 0 Å². The highest BCUT2D eigenvalue weighted by Gasteiger charge is 2.43. The van der Waals surface area contributed by atoms with Gasteiger partial charge in [-0.25, -0.2) is 0 Å². The zero-order valence-corrected chi connectivity index (χ0v) is 6.16. The summed E-state index contributed by atoms with van der Waals surface area (Å²) in [7, 11) is 0. The number of hydrogen-bond donors (Lipinski definition) is 2. The fourth-order valence-corrected chi connectivity index (χ4v) is 2.76. The van der Waals surface area contributed by atoms with Crippen LogP contribution in [0.15, 0.2) is 0 Å². The Morgan fingerprint density at radius 2 is 2.10 bits per heavy atom. The molecule has 0 spiro atoms. The largest absolute Gasteiger partial charge is 0.396 e. The van der Waals surface area contributed by atoms with Gasteiger partial charge in [-0.15, -0.1) is 0 Å². The van der Waals surface area contributed by atoms with Crippen molar-refractivity contribution in [1.82, 2.24) is 0 Å². The van der Waals surface area contributed by atoms with Crippen LogP contribution < -0.4 is 5.73 Å². The second-order valence-corrected chi connectivity index (χ2v) is 3.84. The van der Waals surface area contributed by atoms with E-state index in [1.54, 1.807) is 0 Å². The summed E-state index contributed by atoms with van der Waals surface area (Å²) in [6.45, 7) is 0.356. The van der Waals surface area contributed by atoms with Crippen molar-refractivity contribution in [2.24, 2.45) is 23.5 Å². The highest BCUT2D eigenvalue weighted by atomic mass is 16.3. The fraction of sp³-hybridized carbons (Fsp3) is 1.00. The van der Waals surface area contributed by atoms with Gasteiger partial charge in [-0.2, -0.15) is 0 Å². The maximum atomic E-state index is 8.95. The summed E-state index contributed by atoms with van der Waals surface area (Å²) in [6, 6.07) is 0.399. The van der Waals surface area contributed by atoms with Gasteiger partial charge in [0, 0.05) is 12.6 Å². The lowest BCUT2D eigenvalue weighted by molar-refractivity contribution is 0.166. The summed E-state index contributed by atoms with van der Waals surface area (Å²) >= 11 is 0. The average Bonchev–Trinajstić information content (AvgIpc) is 2.44. The second kappa shape index (κ2) is 2.21. The van der Waals surface area contributed by atoms with Crippen LogP contribution in [0.3, 0.4) is 0 Å². The van der Waals surface area contributed by atoms with Crippen molar-refractivity contribution in [2.75, 3.05) is 6.61 Å². The van der Waals surface area contributed by atoms with Crippen LogP contribution in [0.1, 0.15) is 19.3 Å². The van der Waals surface area contributed by atoms with Gasteiger partial charge in [0.1, 0.15) is 0 Å². The van der Waals surface area contributed by atoms with Gasteiger partial charge in [0.2, 0.25) is 0 Å². The molecule has 0 radical (unpaired) electrons. The summed E-state index contributed by atoms with van der Waals surface area (Å²) in [5, 5.41) is 8.95. The molecule has 10 heavy (non-hydrogen) atoms. The van der Waals surface area contributed by atoms with Crippen LogP contribution in [0.2, 0.25) is 0 Å². The summed E-state index contributed by atoms with van der Waals surface area (Å²) in [4.78, 5) is 0. The van der Waals surface area contributed by atoms with E-state index in [1.165, 1.54) is 19.3 Å². The van der Waals surface area contributed by atoms with Crippen LogP contribution in [0.25, 0.3) is 0 Å². The molecule has 2 nitrogen and oxygen atoms in total. The quantitative estimate of drug-likeness (QED) is 0.553. The zero-order chi connectivity index (χ0) is 7.14. The number of rotatable bonds is 1. The summed E-state index contributed by atoms with van der Waals surface area (Å²) in [6.07, 6.45) is 3.72. The third-order valence-corrected chi connectivity index (χ3v) is 3.24. The summed E-state index contributed by atoms with van der Waals surface area (Å²) in [5.41, 5.74) is 5.87. The van der Waals surface area contributed by atoms with Gasteiger partial charge in [-0.1, -0.05) is 0 Å². The minimum atomic E-state index is 0.356. The molecule has 2 saturated carbocycles. The molecule has 0 aromatic heterocycles. The summed E-state index contributed by atoms with van der Waals surface area (Å²) < 4.78 is 0. The van der Waals surface area contributed by atoms with Crippen LogP contribution >= 0.6 is 0 Å². The Labute approximate surface area is 61.4 Å². The van der Waals surface area contributed by atoms with Crippen LogP contribution in [0, 0.1) is 17.8 Å². The number of nitrogens with two attached hydrogens (primary N) is 1. The molecule has 0 aliphatic heterocycles. The Hall–Kier alpha value is -0.0800.